The monoisotopic (exact) mass is 252 g/mol. The molecule has 0 aliphatic heterocycles. The number of hydrogen-bond acceptors (Lipinski definition) is 2. The number of rotatable bonds is 5. The maximum absolute atomic E-state index is 6.15. The van der Waals surface area contributed by atoms with Crippen molar-refractivity contribution in [1.29, 1.82) is 0 Å². The Labute approximate surface area is 113 Å². The molecule has 0 heterocycles. The molecule has 2 heteroatoms. The molecule has 2 nitrogen and oxygen atoms in total. The van der Waals surface area contributed by atoms with Gasteiger partial charge in [0.25, 0.3) is 0 Å². The second-order valence-corrected chi connectivity index (χ2v) is 6.60. The van der Waals surface area contributed by atoms with Crippen LogP contribution in [0.3, 0.4) is 0 Å². The van der Waals surface area contributed by atoms with Gasteiger partial charge in [-0.1, -0.05) is 39.5 Å². The number of nitrogens with zero attached hydrogens (tertiary/aromatic N) is 1. The van der Waals surface area contributed by atoms with Crippen molar-refractivity contribution < 1.29 is 0 Å². The smallest absolute Gasteiger partial charge is 0.0249 e. The number of nitrogens with two attached hydrogens (primary N) is 1. The third-order valence-corrected chi connectivity index (χ3v) is 5.35. The number of likely N-dealkylation sites (N-methyl/N-ethyl adjacent to an activating group) is 1. The molecule has 3 unspecified atom stereocenters. The molecular weight excluding hydrogens is 220 g/mol. The molecule has 3 atom stereocenters. The lowest BCUT2D eigenvalue weighted by Crippen LogP contribution is -2.50. The van der Waals surface area contributed by atoms with Crippen molar-refractivity contribution in [1.82, 2.24) is 4.90 Å². The summed E-state index contributed by atoms with van der Waals surface area (Å²) in [5.41, 5.74) is 6.15. The van der Waals surface area contributed by atoms with E-state index in [2.05, 4.69) is 18.7 Å². The zero-order chi connectivity index (χ0) is 13.0. The fourth-order valence-electron chi connectivity index (χ4n) is 4.43. The van der Waals surface area contributed by atoms with E-state index in [1.54, 1.807) is 0 Å². The van der Waals surface area contributed by atoms with E-state index in [4.69, 9.17) is 5.73 Å². The molecule has 2 saturated carbocycles. The number of hydrogen-bond donors (Lipinski definition) is 1. The van der Waals surface area contributed by atoms with Crippen LogP contribution in [0, 0.1) is 11.8 Å². The molecule has 0 aromatic carbocycles. The highest BCUT2D eigenvalue weighted by Gasteiger charge is 2.33. The molecule has 0 saturated heterocycles. The van der Waals surface area contributed by atoms with Crippen LogP contribution in [0.2, 0.25) is 0 Å². The summed E-state index contributed by atoms with van der Waals surface area (Å²) in [5, 5.41) is 0. The van der Waals surface area contributed by atoms with E-state index < -0.39 is 0 Å². The Morgan fingerprint density at radius 3 is 2.39 bits per heavy atom. The van der Waals surface area contributed by atoms with Gasteiger partial charge in [-0.25, -0.2) is 0 Å². The van der Waals surface area contributed by atoms with Crippen molar-refractivity contribution in [2.24, 2.45) is 17.6 Å². The summed E-state index contributed by atoms with van der Waals surface area (Å²) < 4.78 is 0. The van der Waals surface area contributed by atoms with Gasteiger partial charge in [-0.05, 0) is 44.1 Å². The van der Waals surface area contributed by atoms with Crippen LogP contribution in [0.5, 0.6) is 0 Å². The average Bonchev–Trinajstić information content (AvgIpc) is 2.89. The van der Waals surface area contributed by atoms with Gasteiger partial charge >= 0.3 is 0 Å². The van der Waals surface area contributed by atoms with Crippen LogP contribution in [0.15, 0.2) is 0 Å². The highest BCUT2D eigenvalue weighted by Crippen LogP contribution is 2.35. The van der Waals surface area contributed by atoms with Gasteiger partial charge in [0, 0.05) is 18.6 Å². The molecular formula is C16H32N2. The third-order valence-electron chi connectivity index (χ3n) is 5.35. The van der Waals surface area contributed by atoms with Crippen LogP contribution in [-0.2, 0) is 0 Å². The first-order valence-electron chi connectivity index (χ1n) is 8.22. The van der Waals surface area contributed by atoms with Crippen LogP contribution in [0.1, 0.15) is 65.2 Å². The fourth-order valence-corrected chi connectivity index (χ4v) is 4.43. The SMILES string of the molecule is CCN(C1CCCC1)C(CN)C1CCCC(C)C1. The Morgan fingerprint density at radius 1 is 1.11 bits per heavy atom. The Hall–Kier alpha value is -0.0800. The predicted molar refractivity (Wildman–Crippen MR) is 78.6 cm³/mol. The van der Waals surface area contributed by atoms with Crippen LogP contribution in [0.4, 0.5) is 0 Å². The van der Waals surface area contributed by atoms with Crippen LogP contribution < -0.4 is 5.73 Å². The summed E-state index contributed by atoms with van der Waals surface area (Å²) in [6, 6.07) is 1.49. The Bertz CT molecular complexity index is 235. The lowest BCUT2D eigenvalue weighted by Gasteiger charge is -2.42. The third kappa shape index (κ3) is 3.27. The normalized spacial score (nSPS) is 32.0. The van der Waals surface area contributed by atoms with E-state index in [9.17, 15) is 0 Å². The summed E-state index contributed by atoms with van der Waals surface area (Å²) in [4.78, 5) is 2.76. The van der Waals surface area contributed by atoms with E-state index in [1.807, 2.05) is 0 Å². The van der Waals surface area contributed by atoms with Crippen molar-refractivity contribution in [3.63, 3.8) is 0 Å². The van der Waals surface area contributed by atoms with Gasteiger partial charge in [0.15, 0.2) is 0 Å². The molecule has 2 N–H and O–H groups in total. The molecule has 106 valence electrons. The standard InChI is InChI=1S/C16H32N2/c1-3-18(15-9-4-5-10-15)16(12-17)14-8-6-7-13(2)11-14/h13-16H,3-12,17H2,1-2H3. The van der Waals surface area contributed by atoms with Crippen molar-refractivity contribution in [2.45, 2.75) is 77.3 Å². The minimum Gasteiger partial charge on any atom is -0.329 e. The average molecular weight is 252 g/mol. The van der Waals surface area contributed by atoms with E-state index in [1.165, 1.54) is 57.9 Å². The van der Waals surface area contributed by atoms with E-state index >= 15 is 0 Å². The van der Waals surface area contributed by atoms with Crippen LogP contribution >= 0.6 is 0 Å². The molecule has 2 fully saturated rings. The molecule has 2 aliphatic carbocycles. The first kappa shape index (κ1) is 14.3. The largest absolute Gasteiger partial charge is 0.329 e. The van der Waals surface area contributed by atoms with Gasteiger partial charge in [-0.15, -0.1) is 0 Å². The molecule has 0 bridgehead atoms. The lowest BCUT2D eigenvalue weighted by molar-refractivity contribution is 0.0760. The molecule has 2 rings (SSSR count). The van der Waals surface area contributed by atoms with Crippen LogP contribution in [0.25, 0.3) is 0 Å². The van der Waals surface area contributed by atoms with E-state index in [-0.39, 0.29) is 0 Å². The first-order chi connectivity index (χ1) is 8.76. The Kier molecular flexibility index (Phi) is 5.50. The zero-order valence-corrected chi connectivity index (χ0v) is 12.4. The maximum atomic E-state index is 6.15. The summed E-state index contributed by atoms with van der Waals surface area (Å²) in [7, 11) is 0. The minimum atomic E-state index is 0.654. The second-order valence-electron chi connectivity index (χ2n) is 6.60. The molecule has 0 spiro atoms. The summed E-state index contributed by atoms with van der Waals surface area (Å²) >= 11 is 0. The minimum absolute atomic E-state index is 0.654. The topological polar surface area (TPSA) is 29.3 Å². The zero-order valence-electron chi connectivity index (χ0n) is 12.4. The molecule has 2 aliphatic rings. The van der Waals surface area contributed by atoms with Crippen molar-refractivity contribution in [3.8, 4) is 0 Å². The van der Waals surface area contributed by atoms with E-state index in [0.717, 1.165) is 24.4 Å². The summed E-state index contributed by atoms with van der Waals surface area (Å²) in [6.45, 7) is 6.80. The van der Waals surface area contributed by atoms with Gasteiger partial charge < -0.3 is 5.73 Å². The molecule has 0 radical (unpaired) electrons. The lowest BCUT2D eigenvalue weighted by atomic mass is 9.77. The molecule has 0 aromatic rings. The van der Waals surface area contributed by atoms with Crippen LogP contribution in [-0.4, -0.2) is 30.1 Å². The summed E-state index contributed by atoms with van der Waals surface area (Å²) in [5.74, 6) is 1.78. The summed E-state index contributed by atoms with van der Waals surface area (Å²) in [6.07, 6.45) is 11.4. The quantitative estimate of drug-likeness (QED) is 0.812. The predicted octanol–water partition coefficient (Wildman–Crippen LogP) is 3.40. The second kappa shape index (κ2) is 6.91. The first-order valence-corrected chi connectivity index (χ1v) is 8.22. The highest BCUT2D eigenvalue weighted by molar-refractivity contribution is 4.88. The van der Waals surface area contributed by atoms with Crippen molar-refractivity contribution in [3.05, 3.63) is 0 Å². The van der Waals surface area contributed by atoms with Crippen molar-refractivity contribution >= 4 is 0 Å². The Morgan fingerprint density at radius 2 is 1.83 bits per heavy atom. The van der Waals surface area contributed by atoms with Gasteiger partial charge in [0.2, 0.25) is 0 Å². The van der Waals surface area contributed by atoms with Gasteiger partial charge in [0.05, 0.1) is 0 Å². The highest BCUT2D eigenvalue weighted by atomic mass is 15.2. The Balaban J connectivity index is 2.00. The fraction of sp³-hybridized carbons (Fsp3) is 1.00. The maximum Gasteiger partial charge on any atom is 0.0249 e. The molecule has 0 aromatic heterocycles. The van der Waals surface area contributed by atoms with Gasteiger partial charge in [-0.2, -0.15) is 0 Å². The van der Waals surface area contributed by atoms with E-state index in [0.29, 0.717) is 6.04 Å². The van der Waals surface area contributed by atoms with Crippen molar-refractivity contribution in [2.75, 3.05) is 13.1 Å². The van der Waals surface area contributed by atoms with Gasteiger partial charge in [-0.3, -0.25) is 4.90 Å². The molecule has 0 amide bonds. The van der Waals surface area contributed by atoms with Gasteiger partial charge in [0.1, 0.15) is 0 Å². The molecule has 18 heavy (non-hydrogen) atoms.